The molecule has 1 saturated heterocycles. The smallest absolute Gasteiger partial charge is 0.409 e. The summed E-state index contributed by atoms with van der Waals surface area (Å²) in [7, 11) is -2.04. The van der Waals surface area contributed by atoms with Gasteiger partial charge < -0.3 is 9.64 Å². The van der Waals surface area contributed by atoms with Gasteiger partial charge in [0.15, 0.2) is 0 Å². The molecule has 0 aliphatic carbocycles. The van der Waals surface area contributed by atoms with Gasteiger partial charge >= 0.3 is 6.09 Å². The highest BCUT2D eigenvalue weighted by molar-refractivity contribution is 7.88. The summed E-state index contributed by atoms with van der Waals surface area (Å²) in [5.74, 6) is 0. The topological polar surface area (TPSA) is 75.7 Å². The van der Waals surface area contributed by atoms with Crippen molar-refractivity contribution in [1.29, 1.82) is 0 Å². The Morgan fingerprint density at radius 1 is 1.17 bits per heavy atom. The predicted molar refractivity (Wildman–Crippen MR) is 114 cm³/mol. The maximum absolute atomic E-state index is 12.4. The van der Waals surface area contributed by atoms with E-state index in [-0.39, 0.29) is 12.1 Å². The molecule has 3 rings (SSSR count). The Balaban J connectivity index is 1.94. The SMILES string of the molecule is COC(=O)N1CCC[C@H](NS(C)(=O)=O)[C@@H]1Cc1cc(C)cc(-c2ccccc2)c1. The molecule has 0 aromatic heterocycles. The lowest BCUT2D eigenvalue weighted by atomic mass is 9.90. The molecule has 29 heavy (non-hydrogen) atoms. The second kappa shape index (κ2) is 8.97. The van der Waals surface area contributed by atoms with Crippen LogP contribution in [0.15, 0.2) is 48.5 Å². The standard InChI is InChI=1S/C22H28N2O4S/c1-16-12-17(14-19(13-16)18-8-5-4-6-9-18)15-21-20(23-29(3,26)27)10-7-11-24(21)22(25)28-2/h4-6,8-9,12-14,20-21,23H,7,10-11,15H2,1-3H3/t20-,21-/m0/s1. The first-order valence-corrected chi connectivity index (χ1v) is 11.6. The first kappa shape index (κ1) is 21.3. The van der Waals surface area contributed by atoms with Gasteiger partial charge in [0.05, 0.1) is 19.4 Å². The van der Waals surface area contributed by atoms with Gasteiger partial charge in [0.25, 0.3) is 0 Å². The monoisotopic (exact) mass is 416 g/mol. The molecule has 1 aliphatic heterocycles. The molecule has 0 bridgehead atoms. The fourth-order valence-corrected chi connectivity index (χ4v) is 4.91. The molecular formula is C22H28N2O4S. The highest BCUT2D eigenvalue weighted by Crippen LogP contribution is 2.27. The van der Waals surface area contributed by atoms with Crippen LogP contribution in [0.3, 0.4) is 0 Å². The molecule has 0 spiro atoms. The van der Waals surface area contributed by atoms with Gasteiger partial charge in [-0.3, -0.25) is 0 Å². The van der Waals surface area contributed by atoms with Crippen LogP contribution in [0.4, 0.5) is 4.79 Å². The molecule has 2 atom stereocenters. The Hall–Kier alpha value is -2.38. The Kier molecular flexibility index (Phi) is 6.59. The molecule has 1 heterocycles. The molecule has 0 saturated carbocycles. The Bertz CT molecular complexity index is 960. The normalized spacial score (nSPS) is 19.8. The molecule has 0 unspecified atom stereocenters. The number of nitrogens with zero attached hydrogens (tertiary/aromatic N) is 1. The van der Waals surface area contributed by atoms with Crippen LogP contribution in [0.2, 0.25) is 0 Å². The molecule has 6 nitrogen and oxygen atoms in total. The van der Waals surface area contributed by atoms with Crippen LogP contribution < -0.4 is 4.72 Å². The van der Waals surface area contributed by atoms with Gasteiger partial charge in [-0.05, 0) is 42.9 Å². The van der Waals surface area contributed by atoms with Crippen LogP contribution in [0.5, 0.6) is 0 Å². The molecule has 1 amide bonds. The van der Waals surface area contributed by atoms with Crippen LogP contribution in [-0.4, -0.2) is 51.4 Å². The number of sulfonamides is 1. The number of ether oxygens (including phenoxy) is 1. The number of rotatable bonds is 5. The largest absolute Gasteiger partial charge is 0.453 e. The van der Waals surface area contributed by atoms with E-state index < -0.39 is 16.1 Å². The van der Waals surface area contributed by atoms with Gasteiger partial charge in [-0.1, -0.05) is 54.1 Å². The Labute approximate surface area is 172 Å². The molecule has 1 fully saturated rings. The third-order valence-corrected chi connectivity index (χ3v) is 5.97. The van der Waals surface area contributed by atoms with Gasteiger partial charge in [0.1, 0.15) is 0 Å². The summed E-state index contributed by atoms with van der Waals surface area (Å²) in [5.41, 5.74) is 4.41. The van der Waals surface area contributed by atoms with Gasteiger partial charge in [0, 0.05) is 12.6 Å². The molecule has 7 heteroatoms. The van der Waals surface area contributed by atoms with E-state index in [2.05, 4.69) is 35.1 Å². The van der Waals surface area contributed by atoms with E-state index in [1.54, 1.807) is 4.90 Å². The van der Waals surface area contributed by atoms with Crippen molar-refractivity contribution >= 4 is 16.1 Å². The maximum Gasteiger partial charge on any atom is 0.409 e. The number of piperidine rings is 1. The minimum absolute atomic E-state index is 0.309. The number of aryl methyl sites for hydroxylation is 1. The van der Waals surface area contributed by atoms with Crippen LogP contribution in [0.25, 0.3) is 11.1 Å². The number of nitrogens with one attached hydrogen (secondary N) is 1. The van der Waals surface area contributed by atoms with Gasteiger partial charge in [-0.25, -0.2) is 17.9 Å². The minimum Gasteiger partial charge on any atom is -0.453 e. The van der Waals surface area contributed by atoms with Crippen LogP contribution >= 0.6 is 0 Å². The number of methoxy groups -OCH3 is 1. The number of carbonyl (C=O) groups is 1. The highest BCUT2D eigenvalue weighted by atomic mass is 32.2. The fourth-order valence-electron chi connectivity index (χ4n) is 4.08. The van der Waals surface area contributed by atoms with Gasteiger partial charge in [-0.15, -0.1) is 0 Å². The quantitative estimate of drug-likeness (QED) is 0.811. The first-order chi connectivity index (χ1) is 13.8. The molecule has 2 aromatic carbocycles. The van der Waals surface area contributed by atoms with Gasteiger partial charge in [0.2, 0.25) is 10.0 Å². The summed E-state index contributed by atoms with van der Waals surface area (Å²) in [6, 6.07) is 15.8. The third-order valence-electron chi connectivity index (χ3n) is 5.24. The maximum atomic E-state index is 12.4. The van der Waals surface area contributed by atoms with E-state index in [9.17, 15) is 13.2 Å². The second-order valence-electron chi connectivity index (χ2n) is 7.65. The van der Waals surface area contributed by atoms with Crippen molar-refractivity contribution in [3.8, 4) is 11.1 Å². The summed E-state index contributed by atoms with van der Waals surface area (Å²) in [6.45, 7) is 2.60. The average Bonchev–Trinajstić information content (AvgIpc) is 2.68. The van der Waals surface area contributed by atoms with Gasteiger partial charge in [-0.2, -0.15) is 0 Å². The Morgan fingerprint density at radius 3 is 2.55 bits per heavy atom. The van der Waals surface area contributed by atoms with Crippen LogP contribution in [-0.2, 0) is 21.2 Å². The number of amides is 1. The van der Waals surface area contributed by atoms with Crippen molar-refractivity contribution in [2.75, 3.05) is 19.9 Å². The zero-order chi connectivity index (χ0) is 21.0. The summed E-state index contributed by atoms with van der Waals surface area (Å²) < 4.78 is 31.5. The number of likely N-dealkylation sites (tertiary alicyclic amines) is 1. The zero-order valence-electron chi connectivity index (χ0n) is 17.1. The van der Waals surface area contributed by atoms with Crippen molar-refractivity contribution in [2.45, 2.75) is 38.3 Å². The highest BCUT2D eigenvalue weighted by Gasteiger charge is 2.36. The number of hydrogen-bond donors (Lipinski definition) is 1. The minimum atomic E-state index is -3.39. The van der Waals surface area contributed by atoms with E-state index in [1.165, 1.54) is 7.11 Å². The molecule has 156 valence electrons. The van der Waals surface area contributed by atoms with Crippen LogP contribution in [0, 0.1) is 6.92 Å². The molecular weight excluding hydrogens is 388 g/mol. The second-order valence-corrected chi connectivity index (χ2v) is 9.43. The summed E-state index contributed by atoms with van der Waals surface area (Å²) in [6.07, 6.45) is 2.68. The van der Waals surface area contributed by atoms with E-state index in [1.807, 2.05) is 25.1 Å². The molecule has 0 radical (unpaired) electrons. The average molecular weight is 417 g/mol. The first-order valence-electron chi connectivity index (χ1n) is 9.75. The summed E-state index contributed by atoms with van der Waals surface area (Å²) >= 11 is 0. The van der Waals surface area contributed by atoms with Crippen molar-refractivity contribution in [3.05, 3.63) is 59.7 Å². The molecule has 1 aliphatic rings. The van der Waals surface area contributed by atoms with E-state index in [4.69, 9.17) is 4.74 Å². The fraction of sp³-hybridized carbons (Fsp3) is 0.409. The summed E-state index contributed by atoms with van der Waals surface area (Å²) in [4.78, 5) is 14.0. The van der Waals surface area contributed by atoms with Crippen LogP contribution in [0.1, 0.15) is 24.0 Å². The zero-order valence-corrected chi connectivity index (χ0v) is 17.9. The number of hydrogen-bond acceptors (Lipinski definition) is 4. The third kappa shape index (κ3) is 5.58. The molecule has 1 N–H and O–H groups in total. The lowest BCUT2D eigenvalue weighted by Crippen LogP contribution is -2.57. The Morgan fingerprint density at radius 2 is 1.90 bits per heavy atom. The number of carbonyl (C=O) groups excluding carboxylic acids is 1. The number of benzene rings is 2. The van der Waals surface area contributed by atoms with E-state index >= 15 is 0 Å². The van der Waals surface area contributed by atoms with E-state index in [0.717, 1.165) is 34.9 Å². The molecule has 2 aromatic rings. The lowest BCUT2D eigenvalue weighted by Gasteiger charge is -2.40. The van der Waals surface area contributed by atoms with E-state index in [0.29, 0.717) is 19.4 Å². The van der Waals surface area contributed by atoms with Crippen molar-refractivity contribution in [1.82, 2.24) is 9.62 Å². The predicted octanol–water partition coefficient (Wildman–Crippen LogP) is 3.35. The van der Waals surface area contributed by atoms with Crippen molar-refractivity contribution in [3.63, 3.8) is 0 Å². The van der Waals surface area contributed by atoms with Crippen molar-refractivity contribution in [2.24, 2.45) is 0 Å². The van der Waals surface area contributed by atoms with Crippen molar-refractivity contribution < 1.29 is 17.9 Å². The summed E-state index contributed by atoms with van der Waals surface area (Å²) in [5, 5.41) is 0. The lowest BCUT2D eigenvalue weighted by molar-refractivity contribution is 0.0792.